The third-order valence-electron chi connectivity index (χ3n) is 4.54. The van der Waals surface area contributed by atoms with Crippen molar-refractivity contribution in [3.8, 4) is 0 Å². The Morgan fingerprint density at radius 2 is 2.20 bits per heavy atom. The Bertz CT molecular complexity index is 476. The van der Waals surface area contributed by atoms with Gasteiger partial charge in [0.25, 0.3) is 5.91 Å². The number of rotatable bonds is 4. The van der Waals surface area contributed by atoms with E-state index in [4.69, 9.17) is 9.26 Å². The van der Waals surface area contributed by atoms with Crippen molar-refractivity contribution in [2.75, 3.05) is 32.8 Å². The molecule has 0 unspecified atom stereocenters. The molecule has 2 heterocycles. The molecule has 1 aromatic rings. The van der Waals surface area contributed by atoms with E-state index in [-0.39, 0.29) is 11.4 Å². The van der Waals surface area contributed by atoms with Crippen LogP contribution >= 0.6 is 0 Å². The van der Waals surface area contributed by atoms with Crippen LogP contribution in [-0.2, 0) is 4.74 Å². The summed E-state index contributed by atoms with van der Waals surface area (Å²) in [7, 11) is 0. The molecular formula is C14H21N3O3. The molecule has 20 heavy (non-hydrogen) atoms. The van der Waals surface area contributed by atoms with Gasteiger partial charge in [-0.05, 0) is 26.2 Å². The summed E-state index contributed by atoms with van der Waals surface area (Å²) in [5.74, 6) is 0.472. The molecule has 1 N–H and O–H groups in total. The van der Waals surface area contributed by atoms with Gasteiger partial charge in [-0.15, -0.1) is 0 Å². The molecule has 6 nitrogen and oxygen atoms in total. The molecule has 0 spiro atoms. The van der Waals surface area contributed by atoms with E-state index in [1.165, 1.54) is 12.6 Å². The summed E-state index contributed by atoms with van der Waals surface area (Å²) in [6, 6.07) is 0. The second kappa shape index (κ2) is 5.54. The SMILES string of the molecule is Cc1oncc1C(=O)NCC1(N2CCOCC2)CCC1. The third-order valence-corrected chi connectivity index (χ3v) is 4.54. The van der Waals surface area contributed by atoms with Gasteiger partial charge in [0.1, 0.15) is 11.3 Å². The summed E-state index contributed by atoms with van der Waals surface area (Å²) in [6.07, 6.45) is 5.01. The minimum Gasteiger partial charge on any atom is -0.379 e. The maximum absolute atomic E-state index is 12.1. The summed E-state index contributed by atoms with van der Waals surface area (Å²) in [4.78, 5) is 14.6. The Labute approximate surface area is 118 Å². The average Bonchev–Trinajstić information content (AvgIpc) is 2.85. The molecule has 110 valence electrons. The first-order chi connectivity index (χ1) is 9.71. The van der Waals surface area contributed by atoms with Crippen LogP contribution in [0.3, 0.4) is 0 Å². The number of amides is 1. The predicted octanol–water partition coefficient (Wildman–Crippen LogP) is 0.968. The minimum atomic E-state index is -0.0942. The lowest BCUT2D eigenvalue weighted by atomic mass is 9.75. The fraction of sp³-hybridized carbons (Fsp3) is 0.714. The molecule has 6 heteroatoms. The Morgan fingerprint density at radius 1 is 1.45 bits per heavy atom. The normalized spacial score (nSPS) is 22.2. The summed E-state index contributed by atoms with van der Waals surface area (Å²) < 4.78 is 10.4. The summed E-state index contributed by atoms with van der Waals surface area (Å²) in [5, 5.41) is 6.69. The maximum Gasteiger partial charge on any atom is 0.256 e. The lowest BCUT2D eigenvalue weighted by Crippen LogP contribution is -2.62. The molecule has 3 rings (SSSR count). The molecule has 2 aliphatic rings. The summed E-state index contributed by atoms with van der Waals surface area (Å²) in [6.45, 7) is 5.95. The van der Waals surface area contributed by atoms with Gasteiger partial charge in [-0.1, -0.05) is 5.16 Å². The zero-order valence-electron chi connectivity index (χ0n) is 11.9. The van der Waals surface area contributed by atoms with Gasteiger partial charge in [0.2, 0.25) is 0 Å². The van der Waals surface area contributed by atoms with Gasteiger partial charge in [-0.25, -0.2) is 0 Å². The van der Waals surface area contributed by atoms with Crippen LogP contribution in [0, 0.1) is 6.92 Å². The quantitative estimate of drug-likeness (QED) is 0.889. The summed E-state index contributed by atoms with van der Waals surface area (Å²) in [5.41, 5.74) is 0.659. The number of hydrogen-bond acceptors (Lipinski definition) is 5. The molecule has 0 radical (unpaired) electrons. The van der Waals surface area contributed by atoms with Gasteiger partial charge in [0.05, 0.1) is 19.4 Å². The lowest BCUT2D eigenvalue weighted by Gasteiger charge is -2.51. The van der Waals surface area contributed by atoms with E-state index in [1.807, 2.05) is 0 Å². The molecule has 0 atom stereocenters. The van der Waals surface area contributed by atoms with Crippen molar-refractivity contribution in [2.45, 2.75) is 31.7 Å². The molecule has 1 aliphatic carbocycles. The molecule has 1 aliphatic heterocycles. The molecule has 1 saturated heterocycles. The average molecular weight is 279 g/mol. The molecule has 2 fully saturated rings. The topological polar surface area (TPSA) is 67.6 Å². The summed E-state index contributed by atoms with van der Waals surface area (Å²) >= 11 is 0. The molecule has 0 aromatic carbocycles. The van der Waals surface area contributed by atoms with Crippen LogP contribution in [-0.4, -0.2) is 54.4 Å². The van der Waals surface area contributed by atoms with E-state index in [0.29, 0.717) is 17.9 Å². The van der Waals surface area contributed by atoms with Crippen molar-refractivity contribution < 1.29 is 14.1 Å². The number of aryl methyl sites for hydroxylation is 1. The van der Waals surface area contributed by atoms with Gasteiger partial charge in [-0.3, -0.25) is 9.69 Å². The van der Waals surface area contributed by atoms with E-state index in [0.717, 1.165) is 39.1 Å². The van der Waals surface area contributed by atoms with E-state index in [2.05, 4.69) is 15.4 Å². The standard InChI is InChI=1S/C14H21N3O3/c1-11-12(9-16-20-11)13(18)15-10-14(3-2-4-14)17-5-7-19-8-6-17/h9H,2-8,10H2,1H3,(H,15,18). The van der Waals surface area contributed by atoms with E-state index in [9.17, 15) is 4.79 Å². The highest BCUT2D eigenvalue weighted by Crippen LogP contribution is 2.37. The monoisotopic (exact) mass is 279 g/mol. The number of hydrogen-bond donors (Lipinski definition) is 1. The van der Waals surface area contributed by atoms with Gasteiger partial charge < -0.3 is 14.6 Å². The first-order valence-corrected chi connectivity index (χ1v) is 7.24. The number of aromatic nitrogens is 1. The molecule has 0 bridgehead atoms. The van der Waals surface area contributed by atoms with E-state index in [1.54, 1.807) is 6.92 Å². The fourth-order valence-corrected chi connectivity index (χ4v) is 3.08. The Kier molecular flexibility index (Phi) is 3.76. The second-order valence-electron chi connectivity index (χ2n) is 5.66. The van der Waals surface area contributed by atoms with Crippen LogP contribution in [0.1, 0.15) is 35.4 Å². The van der Waals surface area contributed by atoms with Crippen LogP contribution in [0.15, 0.2) is 10.7 Å². The fourth-order valence-electron chi connectivity index (χ4n) is 3.08. The number of carbonyl (C=O) groups excluding carboxylic acids is 1. The molecule has 1 amide bonds. The number of nitrogens with zero attached hydrogens (tertiary/aromatic N) is 2. The number of ether oxygens (including phenoxy) is 1. The highest BCUT2D eigenvalue weighted by atomic mass is 16.5. The van der Waals surface area contributed by atoms with Crippen LogP contribution in [0.2, 0.25) is 0 Å². The van der Waals surface area contributed by atoms with Crippen LogP contribution in [0.5, 0.6) is 0 Å². The van der Waals surface area contributed by atoms with Crippen molar-refractivity contribution in [3.05, 3.63) is 17.5 Å². The molecule has 1 aromatic heterocycles. The first kappa shape index (κ1) is 13.6. The minimum absolute atomic E-state index is 0.0942. The van der Waals surface area contributed by atoms with Crippen LogP contribution < -0.4 is 5.32 Å². The smallest absolute Gasteiger partial charge is 0.256 e. The second-order valence-corrected chi connectivity index (χ2v) is 5.66. The van der Waals surface area contributed by atoms with Crippen LogP contribution in [0.25, 0.3) is 0 Å². The van der Waals surface area contributed by atoms with Gasteiger partial charge in [0.15, 0.2) is 0 Å². The van der Waals surface area contributed by atoms with Gasteiger partial charge >= 0.3 is 0 Å². The molecular weight excluding hydrogens is 258 g/mol. The van der Waals surface area contributed by atoms with Gasteiger partial charge in [0, 0.05) is 25.2 Å². The highest BCUT2D eigenvalue weighted by molar-refractivity contribution is 5.94. The third kappa shape index (κ3) is 2.45. The van der Waals surface area contributed by atoms with Crippen molar-refractivity contribution in [1.82, 2.24) is 15.4 Å². The molecule has 1 saturated carbocycles. The number of carbonyl (C=O) groups is 1. The zero-order valence-corrected chi connectivity index (χ0v) is 11.9. The van der Waals surface area contributed by atoms with E-state index >= 15 is 0 Å². The zero-order chi connectivity index (χ0) is 14.0. The lowest BCUT2D eigenvalue weighted by molar-refractivity contribution is -0.0540. The first-order valence-electron chi connectivity index (χ1n) is 7.24. The van der Waals surface area contributed by atoms with Crippen molar-refractivity contribution in [3.63, 3.8) is 0 Å². The van der Waals surface area contributed by atoms with Crippen molar-refractivity contribution >= 4 is 5.91 Å². The largest absolute Gasteiger partial charge is 0.379 e. The van der Waals surface area contributed by atoms with Crippen LogP contribution in [0.4, 0.5) is 0 Å². The Hall–Kier alpha value is -1.40. The number of nitrogens with one attached hydrogen (secondary N) is 1. The maximum atomic E-state index is 12.1. The Balaban J connectivity index is 1.61. The van der Waals surface area contributed by atoms with Crippen molar-refractivity contribution in [1.29, 1.82) is 0 Å². The highest BCUT2D eigenvalue weighted by Gasteiger charge is 2.43. The Morgan fingerprint density at radius 3 is 2.75 bits per heavy atom. The predicted molar refractivity (Wildman–Crippen MR) is 72.5 cm³/mol. The number of morpholine rings is 1. The van der Waals surface area contributed by atoms with E-state index < -0.39 is 0 Å². The van der Waals surface area contributed by atoms with Gasteiger partial charge in [-0.2, -0.15) is 0 Å². The van der Waals surface area contributed by atoms with Crippen molar-refractivity contribution in [2.24, 2.45) is 0 Å².